The van der Waals surface area contributed by atoms with Gasteiger partial charge in [0.05, 0.1) is 0 Å². The van der Waals surface area contributed by atoms with Crippen LogP contribution in [0.1, 0.15) is 32.1 Å². The van der Waals surface area contributed by atoms with Crippen LogP contribution in [0, 0.1) is 11.8 Å². The first-order chi connectivity index (χ1) is 4.38. The highest BCUT2D eigenvalue weighted by atomic mass is 14.4. The number of fused-ring (bicyclic) bond motifs is 1. The van der Waals surface area contributed by atoms with Crippen LogP contribution < -0.4 is 0 Å². The van der Waals surface area contributed by atoms with Crippen molar-refractivity contribution in [3.8, 4) is 0 Å². The third-order valence-corrected chi connectivity index (χ3v) is 3.02. The molecule has 2 rings (SSSR count). The highest BCUT2D eigenvalue weighted by Gasteiger charge is 2.33. The van der Waals surface area contributed by atoms with E-state index in [4.69, 9.17) is 0 Å². The van der Waals surface area contributed by atoms with E-state index in [1.54, 1.807) is 5.57 Å². The minimum absolute atomic E-state index is 0.949. The molecule has 0 saturated heterocycles. The molecule has 0 amide bonds. The van der Waals surface area contributed by atoms with Crippen LogP contribution in [-0.2, 0) is 0 Å². The Hall–Kier alpha value is -0.260. The van der Waals surface area contributed by atoms with Crippen LogP contribution >= 0.6 is 0 Å². The molecule has 0 spiro atoms. The second-order valence-corrected chi connectivity index (χ2v) is 3.49. The van der Waals surface area contributed by atoms with Crippen LogP contribution in [0.4, 0.5) is 0 Å². The summed E-state index contributed by atoms with van der Waals surface area (Å²) in [4.78, 5) is 0. The van der Waals surface area contributed by atoms with E-state index in [1.165, 1.54) is 32.1 Å². The third kappa shape index (κ3) is 0.726. The molecule has 2 saturated carbocycles. The van der Waals surface area contributed by atoms with E-state index in [9.17, 15) is 0 Å². The summed E-state index contributed by atoms with van der Waals surface area (Å²) in [6, 6.07) is 0. The molecule has 9 heavy (non-hydrogen) atoms. The molecule has 2 fully saturated rings. The van der Waals surface area contributed by atoms with Crippen molar-refractivity contribution in [1.82, 2.24) is 0 Å². The molecule has 0 nitrogen and oxygen atoms in total. The van der Waals surface area contributed by atoms with Gasteiger partial charge in [0.25, 0.3) is 0 Å². The Bertz CT molecular complexity index is 135. The van der Waals surface area contributed by atoms with Gasteiger partial charge in [0.2, 0.25) is 0 Å². The molecule has 2 aliphatic rings. The summed E-state index contributed by atoms with van der Waals surface area (Å²) in [5.74, 6) is 2.00. The average molecular weight is 122 g/mol. The number of allylic oxidation sites excluding steroid dienone is 1. The highest BCUT2D eigenvalue weighted by Crippen LogP contribution is 2.46. The Morgan fingerprint density at radius 1 is 1.22 bits per heavy atom. The minimum Gasteiger partial charge on any atom is -0.0996 e. The Kier molecular flexibility index (Phi) is 1.14. The molecule has 0 N–H and O–H groups in total. The lowest BCUT2D eigenvalue weighted by atomic mass is 9.98. The molecule has 2 atom stereocenters. The number of hydrogen-bond donors (Lipinski definition) is 0. The maximum absolute atomic E-state index is 4.10. The molecular weight excluding hydrogens is 108 g/mol. The molecule has 0 heterocycles. The van der Waals surface area contributed by atoms with Gasteiger partial charge in [-0.1, -0.05) is 18.6 Å². The van der Waals surface area contributed by atoms with Crippen LogP contribution in [0.2, 0.25) is 0 Å². The molecular formula is C9H14. The van der Waals surface area contributed by atoms with Gasteiger partial charge in [-0.15, -0.1) is 0 Å². The zero-order valence-corrected chi connectivity index (χ0v) is 5.90. The molecule has 0 radical (unpaired) electrons. The van der Waals surface area contributed by atoms with Crippen LogP contribution in [0.5, 0.6) is 0 Å². The van der Waals surface area contributed by atoms with Gasteiger partial charge < -0.3 is 0 Å². The topological polar surface area (TPSA) is 0 Å². The van der Waals surface area contributed by atoms with E-state index in [-0.39, 0.29) is 0 Å². The summed E-state index contributed by atoms with van der Waals surface area (Å²) >= 11 is 0. The van der Waals surface area contributed by atoms with Gasteiger partial charge in [0.1, 0.15) is 0 Å². The van der Waals surface area contributed by atoms with Gasteiger partial charge in [0, 0.05) is 0 Å². The highest BCUT2D eigenvalue weighted by molar-refractivity contribution is 5.10. The fourth-order valence-electron chi connectivity index (χ4n) is 2.48. The minimum atomic E-state index is 0.949. The first kappa shape index (κ1) is 5.52. The van der Waals surface area contributed by atoms with Gasteiger partial charge in [-0.2, -0.15) is 0 Å². The smallest absolute Gasteiger partial charge is 0.0177 e. The molecule has 0 aromatic carbocycles. The van der Waals surface area contributed by atoms with Gasteiger partial charge in [-0.3, -0.25) is 0 Å². The van der Waals surface area contributed by atoms with E-state index in [0.29, 0.717) is 0 Å². The lowest BCUT2D eigenvalue weighted by Crippen LogP contribution is -1.97. The lowest BCUT2D eigenvalue weighted by Gasteiger charge is -2.07. The maximum Gasteiger partial charge on any atom is -0.0177 e. The standard InChI is InChI=1S/C9H14/c1-7-5-6-8-3-2-4-9(7)8/h8-9H,1-6H2/t8-,9+/m0/s1. The van der Waals surface area contributed by atoms with Gasteiger partial charge >= 0.3 is 0 Å². The van der Waals surface area contributed by atoms with Crippen LogP contribution in [-0.4, -0.2) is 0 Å². The summed E-state index contributed by atoms with van der Waals surface area (Å²) in [6.07, 6.45) is 7.18. The van der Waals surface area contributed by atoms with E-state index >= 15 is 0 Å². The largest absolute Gasteiger partial charge is 0.0996 e. The van der Waals surface area contributed by atoms with Crippen molar-refractivity contribution in [1.29, 1.82) is 0 Å². The van der Waals surface area contributed by atoms with E-state index in [2.05, 4.69) is 6.58 Å². The second kappa shape index (κ2) is 1.86. The van der Waals surface area contributed by atoms with Crippen molar-refractivity contribution >= 4 is 0 Å². The Morgan fingerprint density at radius 2 is 2.11 bits per heavy atom. The Labute approximate surface area is 57.0 Å². The van der Waals surface area contributed by atoms with Gasteiger partial charge in [-0.05, 0) is 37.5 Å². The van der Waals surface area contributed by atoms with Crippen molar-refractivity contribution in [2.24, 2.45) is 11.8 Å². The molecule has 0 aliphatic heterocycles. The normalized spacial score (nSPS) is 41.6. The SMILES string of the molecule is C=C1CC[C@@H]2CCC[C@H]12. The first-order valence-electron chi connectivity index (χ1n) is 4.05. The van der Waals surface area contributed by atoms with E-state index in [1.807, 2.05) is 0 Å². The summed E-state index contributed by atoms with van der Waals surface area (Å²) in [7, 11) is 0. The van der Waals surface area contributed by atoms with Crippen molar-refractivity contribution in [3.63, 3.8) is 0 Å². The molecule has 2 aliphatic carbocycles. The summed E-state index contributed by atoms with van der Waals surface area (Å²) in [5.41, 5.74) is 1.55. The maximum atomic E-state index is 4.10. The van der Waals surface area contributed by atoms with Crippen molar-refractivity contribution in [2.45, 2.75) is 32.1 Å². The predicted octanol–water partition coefficient (Wildman–Crippen LogP) is 2.75. The lowest BCUT2D eigenvalue weighted by molar-refractivity contribution is 0.491. The summed E-state index contributed by atoms with van der Waals surface area (Å²) in [6.45, 7) is 4.10. The number of hydrogen-bond acceptors (Lipinski definition) is 0. The fraction of sp³-hybridized carbons (Fsp3) is 0.778. The second-order valence-electron chi connectivity index (χ2n) is 3.49. The molecule has 0 aromatic rings. The van der Waals surface area contributed by atoms with Crippen molar-refractivity contribution < 1.29 is 0 Å². The number of rotatable bonds is 0. The third-order valence-electron chi connectivity index (χ3n) is 3.02. The fourth-order valence-corrected chi connectivity index (χ4v) is 2.48. The van der Waals surface area contributed by atoms with Crippen LogP contribution in [0.25, 0.3) is 0 Å². The zero-order valence-electron chi connectivity index (χ0n) is 5.90. The summed E-state index contributed by atoms with van der Waals surface area (Å²) in [5, 5.41) is 0. The van der Waals surface area contributed by atoms with Gasteiger partial charge in [-0.25, -0.2) is 0 Å². The Balaban J connectivity index is 2.15. The van der Waals surface area contributed by atoms with Crippen molar-refractivity contribution in [2.75, 3.05) is 0 Å². The Morgan fingerprint density at radius 3 is 2.89 bits per heavy atom. The van der Waals surface area contributed by atoms with E-state index < -0.39 is 0 Å². The first-order valence-corrected chi connectivity index (χ1v) is 4.05. The van der Waals surface area contributed by atoms with Crippen LogP contribution in [0.15, 0.2) is 12.2 Å². The molecule has 0 heteroatoms. The summed E-state index contributed by atoms with van der Waals surface area (Å²) < 4.78 is 0. The van der Waals surface area contributed by atoms with Gasteiger partial charge in [0.15, 0.2) is 0 Å². The predicted molar refractivity (Wildman–Crippen MR) is 39.2 cm³/mol. The molecule has 50 valence electrons. The van der Waals surface area contributed by atoms with E-state index in [0.717, 1.165) is 11.8 Å². The molecule has 0 bridgehead atoms. The zero-order chi connectivity index (χ0) is 6.27. The van der Waals surface area contributed by atoms with Crippen molar-refractivity contribution in [3.05, 3.63) is 12.2 Å². The van der Waals surface area contributed by atoms with Crippen LogP contribution in [0.3, 0.4) is 0 Å². The molecule has 0 unspecified atom stereocenters. The average Bonchev–Trinajstić information content (AvgIpc) is 2.35. The monoisotopic (exact) mass is 122 g/mol. The quantitative estimate of drug-likeness (QED) is 0.433. The molecule has 0 aromatic heterocycles.